The highest BCUT2D eigenvalue weighted by Gasteiger charge is 2.48. The zero-order chi connectivity index (χ0) is 16.2. The molecule has 1 fully saturated rings. The average Bonchev–Trinajstić information content (AvgIpc) is 3.13. The second kappa shape index (κ2) is 4.85. The van der Waals surface area contributed by atoms with Crippen LogP contribution in [0, 0.1) is 0 Å². The smallest absolute Gasteiger partial charge is 0.195 e. The molecule has 0 bridgehead atoms. The van der Waals surface area contributed by atoms with Gasteiger partial charge >= 0.3 is 0 Å². The van der Waals surface area contributed by atoms with Gasteiger partial charge < -0.3 is 14.2 Å². The Morgan fingerprint density at radius 2 is 1.39 bits per heavy atom. The molecule has 23 heavy (non-hydrogen) atoms. The maximum atomic E-state index is 11.7. The van der Waals surface area contributed by atoms with E-state index in [2.05, 4.69) is 5.32 Å². The molecular weight excluding hydrogens is 294 g/mol. The lowest BCUT2D eigenvalue weighted by Gasteiger charge is -2.37. The number of hydrogen-bond acceptors (Lipinski definition) is 5. The molecule has 1 saturated carbocycles. The number of ketones is 2. The number of carbonyl (C=O) groups excluding carboxylic acids is 2. The van der Waals surface area contributed by atoms with E-state index in [1.165, 1.54) is 20.3 Å². The third-order valence-electron chi connectivity index (χ3n) is 5.00. The van der Waals surface area contributed by atoms with E-state index in [1.807, 2.05) is 0 Å². The monoisotopic (exact) mass is 313 g/mol. The molecule has 0 aromatic carbocycles. The molecule has 0 saturated heterocycles. The second-order valence-corrected chi connectivity index (χ2v) is 6.59. The summed E-state index contributed by atoms with van der Waals surface area (Å²) < 4.78 is 11.9. The summed E-state index contributed by atoms with van der Waals surface area (Å²) in [7, 11) is 0. The van der Waals surface area contributed by atoms with E-state index in [1.54, 1.807) is 12.1 Å². The Labute approximate surface area is 134 Å². The zero-order valence-electron chi connectivity index (χ0n) is 13.3. The van der Waals surface area contributed by atoms with Gasteiger partial charge in [-0.15, -0.1) is 0 Å². The van der Waals surface area contributed by atoms with Gasteiger partial charge in [0, 0.05) is 26.0 Å². The van der Waals surface area contributed by atoms with E-state index >= 15 is 0 Å². The van der Waals surface area contributed by atoms with E-state index in [-0.39, 0.29) is 17.0 Å². The minimum atomic E-state index is -0.366. The highest BCUT2D eigenvalue weighted by atomic mass is 16.4. The lowest BCUT2D eigenvalue weighted by molar-refractivity contribution is 0.0980. The van der Waals surface area contributed by atoms with Crippen LogP contribution in [-0.2, 0) is 5.41 Å². The number of fused-ring (bicyclic) bond motifs is 4. The van der Waals surface area contributed by atoms with Crippen LogP contribution in [0.1, 0.15) is 78.6 Å². The lowest BCUT2D eigenvalue weighted by Crippen LogP contribution is -2.33. The number of anilines is 2. The molecule has 5 nitrogen and oxygen atoms in total. The fourth-order valence-corrected chi connectivity index (χ4v) is 3.88. The lowest BCUT2D eigenvalue weighted by atomic mass is 9.69. The fraction of sp³-hybridized carbons (Fsp3) is 0.444. The van der Waals surface area contributed by atoms with Gasteiger partial charge in [0.1, 0.15) is 11.5 Å². The molecule has 0 atom stereocenters. The van der Waals surface area contributed by atoms with Crippen LogP contribution in [-0.4, -0.2) is 11.6 Å². The summed E-state index contributed by atoms with van der Waals surface area (Å²) in [4.78, 5) is 23.4. The molecule has 3 heterocycles. The number of hydrogen-bond donors (Lipinski definition) is 1. The highest BCUT2D eigenvalue weighted by Crippen LogP contribution is 2.54. The highest BCUT2D eigenvalue weighted by molar-refractivity contribution is 5.95. The number of rotatable bonds is 2. The topological polar surface area (TPSA) is 72.5 Å². The summed E-state index contributed by atoms with van der Waals surface area (Å²) in [5.74, 6) is 2.11. The first kappa shape index (κ1) is 14.3. The van der Waals surface area contributed by atoms with Gasteiger partial charge in [-0.2, -0.15) is 0 Å². The summed E-state index contributed by atoms with van der Waals surface area (Å²) in [5, 5.41) is 3.27. The standard InChI is InChI=1S/C18H19NO4/c1-10(20)14-8-12-16(22-14)18(6-4-3-5-7-18)17-13(19-12)9-15(23-17)11(2)21/h8-9,19H,3-7H2,1-2H3. The Bertz CT molecular complexity index is 745. The second-order valence-electron chi connectivity index (χ2n) is 6.59. The number of nitrogens with one attached hydrogen (secondary N) is 1. The normalized spacial score (nSPS) is 18.2. The fourth-order valence-electron chi connectivity index (χ4n) is 3.88. The molecule has 1 spiro atoms. The van der Waals surface area contributed by atoms with Crippen LogP contribution in [0.5, 0.6) is 0 Å². The molecular formula is C18H19NO4. The largest absolute Gasteiger partial charge is 0.455 e. The molecule has 1 aliphatic heterocycles. The molecule has 2 aliphatic rings. The first-order valence-corrected chi connectivity index (χ1v) is 8.09. The Hall–Kier alpha value is -2.30. The van der Waals surface area contributed by atoms with Crippen molar-refractivity contribution in [3.63, 3.8) is 0 Å². The molecule has 0 unspecified atom stereocenters. The van der Waals surface area contributed by atoms with Crippen LogP contribution in [0.2, 0.25) is 0 Å². The summed E-state index contributed by atoms with van der Waals surface area (Å²) in [5.41, 5.74) is 1.27. The van der Waals surface area contributed by atoms with Crippen LogP contribution in [0.15, 0.2) is 21.0 Å². The van der Waals surface area contributed by atoms with Gasteiger partial charge in [0.15, 0.2) is 23.1 Å². The Balaban J connectivity index is 1.92. The predicted octanol–water partition coefficient (Wildman–Crippen LogP) is 4.59. The Morgan fingerprint density at radius 1 is 0.913 bits per heavy atom. The van der Waals surface area contributed by atoms with Gasteiger partial charge in [-0.25, -0.2) is 0 Å². The Kier molecular flexibility index (Phi) is 3.01. The van der Waals surface area contributed by atoms with Crippen molar-refractivity contribution in [3.8, 4) is 0 Å². The van der Waals surface area contributed by atoms with Gasteiger partial charge in [0.25, 0.3) is 0 Å². The predicted molar refractivity (Wildman–Crippen MR) is 84.6 cm³/mol. The van der Waals surface area contributed by atoms with E-state index < -0.39 is 0 Å². The molecule has 1 aliphatic carbocycles. The van der Waals surface area contributed by atoms with Gasteiger partial charge in [-0.05, 0) is 12.8 Å². The van der Waals surface area contributed by atoms with Crippen molar-refractivity contribution in [2.75, 3.05) is 5.32 Å². The maximum absolute atomic E-state index is 11.7. The van der Waals surface area contributed by atoms with Crippen molar-refractivity contribution in [2.24, 2.45) is 0 Å². The van der Waals surface area contributed by atoms with Crippen molar-refractivity contribution < 1.29 is 18.4 Å². The van der Waals surface area contributed by atoms with Crippen molar-refractivity contribution >= 4 is 22.9 Å². The van der Waals surface area contributed by atoms with Gasteiger partial charge in [0.05, 0.1) is 16.8 Å². The molecule has 5 heteroatoms. The van der Waals surface area contributed by atoms with Crippen LogP contribution in [0.4, 0.5) is 11.4 Å². The minimum Gasteiger partial charge on any atom is -0.455 e. The van der Waals surface area contributed by atoms with Crippen molar-refractivity contribution in [1.29, 1.82) is 0 Å². The molecule has 1 N–H and O–H groups in total. The van der Waals surface area contributed by atoms with Crippen LogP contribution < -0.4 is 5.32 Å². The van der Waals surface area contributed by atoms with Crippen LogP contribution in [0.3, 0.4) is 0 Å². The van der Waals surface area contributed by atoms with Gasteiger partial charge in [-0.1, -0.05) is 19.3 Å². The van der Waals surface area contributed by atoms with E-state index in [9.17, 15) is 9.59 Å². The third kappa shape index (κ3) is 1.99. The van der Waals surface area contributed by atoms with Crippen LogP contribution >= 0.6 is 0 Å². The molecule has 0 amide bonds. The molecule has 0 radical (unpaired) electrons. The van der Waals surface area contributed by atoms with Crippen LogP contribution in [0.25, 0.3) is 0 Å². The first-order chi connectivity index (χ1) is 11.0. The van der Waals surface area contributed by atoms with Crippen molar-refractivity contribution in [1.82, 2.24) is 0 Å². The Morgan fingerprint density at radius 3 is 1.83 bits per heavy atom. The zero-order valence-corrected chi connectivity index (χ0v) is 13.3. The molecule has 2 aromatic rings. The SMILES string of the molecule is CC(=O)c1cc2c(o1)C1(CCCCC1)c1oc(C(C)=O)cc1N2. The van der Waals surface area contributed by atoms with E-state index in [0.717, 1.165) is 48.6 Å². The summed E-state index contributed by atoms with van der Waals surface area (Å²) in [6.45, 7) is 3.01. The summed E-state index contributed by atoms with van der Waals surface area (Å²) >= 11 is 0. The third-order valence-corrected chi connectivity index (χ3v) is 5.00. The van der Waals surface area contributed by atoms with Gasteiger partial charge in [-0.3, -0.25) is 9.59 Å². The number of Topliss-reactive ketones (excluding diaryl/α,β-unsaturated/α-hetero) is 2. The number of carbonyl (C=O) groups is 2. The first-order valence-electron chi connectivity index (χ1n) is 8.09. The van der Waals surface area contributed by atoms with Gasteiger partial charge in [0.2, 0.25) is 0 Å². The molecule has 120 valence electrons. The molecule has 2 aromatic heterocycles. The maximum Gasteiger partial charge on any atom is 0.195 e. The van der Waals surface area contributed by atoms with Crippen molar-refractivity contribution in [2.45, 2.75) is 51.4 Å². The summed E-state index contributed by atoms with van der Waals surface area (Å²) in [6, 6.07) is 3.52. The number of furan rings is 2. The quantitative estimate of drug-likeness (QED) is 0.821. The minimum absolute atomic E-state index is 0.0896. The van der Waals surface area contributed by atoms with E-state index in [4.69, 9.17) is 8.83 Å². The van der Waals surface area contributed by atoms with E-state index in [0.29, 0.717) is 11.5 Å². The van der Waals surface area contributed by atoms with Crippen molar-refractivity contribution in [3.05, 3.63) is 35.2 Å². The molecule has 4 rings (SSSR count). The summed E-state index contributed by atoms with van der Waals surface area (Å²) in [6.07, 6.45) is 5.14. The average molecular weight is 313 g/mol.